The molecule has 1 unspecified atom stereocenters. The van der Waals surface area contributed by atoms with Crippen LogP contribution in [0.3, 0.4) is 0 Å². The van der Waals surface area contributed by atoms with Gasteiger partial charge in [0.15, 0.2) is 0 Å². The van der Waals surface area contributed by atoms with Crippen LogP contribution in [0.25, 0.3) is 0 Å². The fourth-order valence-corrected chi connectivity index (χ4v) is 3.24. The molecule has 2 heterocycles. The summed E-state index contributed by atoms with van der Waals surface area (Å²) in [7, 11) is 0. The van der Waals surface area contributed by atoms with Gasteiger partial charge in [0.1, 0.15) is 12.6 Å². The van der Waals surface area contributed by atoms with Crippen molar-refractivity contribution in [3.8, 4) is 0 Å². The zero-order valence-corrected chi connectivity index (χ0v) is 15.6. The van der Waals surface area contributed by atoms with Crippen LogP contribution in [0.1, 0.15) is 20.7 Å². The lowest BCUT2D eigenvalue weighted by Crippen LogP contribution is -2.58. The summed E-state index contributed by atoms with van der Waals surface area (Å²) in [6.07, 6.45) is -4.50. The molecule has 0 spiro atoms. The van der Waals surface area contributed by atoms with Crippen LogP contribution in [0.15, 0.2) is 24.3 Å². The Labute approximate surface area is 165 Å². The van der Waals surface area contributed by atoms with Gasteiger partial charge in [-0.1, -0.05) is 12.1 Å². The molecule has 0 aromatic heterocycles. The molecule has 2 aliphatic heterocycles. The summed E-state index contributed by atoms with van der Waals surface area (Å²) in [4.78, 5) is 38.5. The minimum atomic E-state index is -4.50. The smallest absolute Gasteiger partial charge is 0.353 e. The lowest BCUT2D eigenvalue weighted by atomic mass is 10.1. The molecule has 1 saturated heterocycles. The van der Waals surface area contributed by atoms with Gasteiger partial charge in [0.2, 0.25) is 5.91 Å². The summed E-state index contributed by atoms with van der Waals surface area (Å²) < 4.78 is 40.0. The third-order valence-electron chi connectivity index (χ3n) is 4.64. The van der Waals surface area contributed by atoms with E-state index in [1.54, 1.807) is 12.1 Å². The second-order valence-corrected chi connectivity index (χ2v) is 6.39. The molecule has 28 heavy (non-hydrogen) atoms. The van der Waals surface area contributed by atoms with Gasteiger partial charge in [0.05, 0.1) is 11.1 Å². The second-order valence-electron chi connectivity index (χ2n) is 6.39. The summed E-state index contributed by atoms with van der Waals surface area (Å²) in [5.74, 6) is -2.06. The van der Waals surface area contributed by atoms with Gasteiger partial charge >= 0.3 is 6.18 Å². The summed E-state index contributed by atoms with van der Waals surface area (Å²) in [5, 5.41) is 5.19. The van der Waals surface area contributed by atoms with Crippen LogP contribution < -0.4 is 10.6 Å². The molecule has 3 amide bonds. The molecule has 2 aliphatic rings. The van der Waals surface area contributed by atoms with E-state index in [0.717, 1.165) is 4.90 Å². The molecular weight excluding hydrogens is 401 g/mol. The minimum Gasteiger partial charge on any atom is -0.353 e. The number of amides is 3. The van der Waals surface area contributed by atoms with Gasteiger partial charge in [0, 0.05) is 32.7 Å². The van der Waals surface area contributed by atoms with Gasteiger partial charge in [0.25, 0.3) is 11.8 Å². The van der Waals surface area contributed by atoms with Crippen molar-refractivity contribution >= 4 is 30.1 Å². The van der Waals surface area contributed by atoms with Crippen molar-refractivity contribution in [1.82, 2.24) is 20.4 Å². The first kappa shape index (κ1) is 22.1. The van der Waals surface area contributed by atoms with Gasteiger partial charge in [-0.25, -0.2) is 0 Å². The molecule has 0 saturated carbocycles. The van der Waals surface area contributed by atoms with Crippen molar-refractivity contribution < 1.29 is 27.6 Å². The number of hydrogen-bond acceptors (Lipinski definition) is 5. The zero-order chi connectivity index (χ0) is 19.6. The topological polar surface area (TPSA) is 81.8 Å². The molecule has 2 N–H and O–H groups in total. The summed E-state index contributed by atoms with van der Waals surface area (Å²) in [6.45, 7) is 0.0754. The highest BCUT2D eigenvalue weighted by Crippen LogP contribution is 2.25. The predicted octanol–water partition coefficient (Wildman–Crippen LogP) is 0.657. The number of alkyl halides is 3. The van der Waals surface area contributed by atoms with Gasteiger partial charge < -0.3 is 10.6 Å². The first-order valence-corrected chi connectivity index (χ1v) is 8.52. The Morgan fingerprint density at radius 2 is 1.64 bits per heavy atom. The number of piperazine rings is 1. The number of rotatable bonds is 5. The largest absolute Gasteiger partial charge is 0.405 e. The molecule has 1 atom stereocenters. The molecule has 0 aliphatic carbocycles. The molecular formula is C17H20ClF3N4O3. The lowest BCUT2D eigenvalue weighted by molar-refractivity contribution is -0.184. The second kappa shape index (κ2) is 8.89. The Kier molecular flexibility index (Phi) is 7.02. The van der Waals surface area contributed by atoms with Crippen molar-refractivity contribution in [3.63, 3.8) is 0 Å². The van der Waals surface area contributed by atoms with E-state index in [2.05, 4.69) is 10.6 Å². The number of halogens is 4. The summed E-state index contributed by atoms with van der Waals surface area (Å²) in [6, 6.07) is 4.31. The highest BCUT2D eigenvalue weighted by Gasteiger charge is 2.44. The van der Waals surface area contributed by atoms with Crippen molar-refractivity contribution in [1.29, 1.82) is 0 Å². The van der Waals surface area contributed by atoms with Crippen LogP contribution in [-0.2, 0) is 4.79 Å². The first-order chi connectivity index (χ1) is 12.8. The maximum atomic E-state index is 13.3. The number of imide groups is 1. The van der Waals surface area contributed by atoms with Crippen LogP contribution in [-0.4, -0.2) is 79.0 Å². The van der Waals surface area contributed by atoms with Crippen molar-refractivity contribution in [2.45, 2.75) is 12.2 Å². The molecule has 1 fully saturated rings. The average Bonchev–Trinajstić information content (AvgIpc) is 2.87. The van der Waals surface area contributed by atoms with Gasteiger partial charge in [-0.2, -0.15) is 13.2 Å². The van der Waals surface area contributed by atoms with Crippen LogP contribution >= 0.6 is 12.4 Å². The standard InChI is InChI=1S/C17H19F3N4O3.ClH/c18-17(19,20)13(23-7-5-21-6-8-23)9-22-14(25)10-24-15(26)11-3-1-2-4-12(11)16(24)27;/h1-4,13,21H,5-10H2,(H,22,25);1H. The van der Waals surface area contributed by atoms with Gasteiger partial charge in [-0.05, 0) is 12.1 Å². The highest BCUT2D eigenvalue weighted by atomic mass is 35.5. The number of carbonyl (C=O) groups excluding carboxylic acids is 3. The summed E-state index contributed by atoms with van der Waals surface area (Å²) >= 11 is 0. The Morgan fingerprint density at radius 3 is 2.14 bits per heavy atom. The molecule has 0 bridgehead atoms. The van der Waals surface area contributed by atoms with Crippen molar-refractivity contribution in [2.75, 3.05) is 39.3 Å². The van der Waals surface area contributed by atoms with E-state index in [1.807, 2.05) is 0 Å². The van der Waals surface area contributed by atoms with Crippen LogP contribution in [0.5, 0.6) is 0 Å². The van der Waals surface area contributed by atoms with E-state index in [9.17, 15) is 27.6 Å². The quantitative estimate of drug-likeness (QED) is 0.684. The Hall–Kier alpha value is -2.17. The van der Waals surface area contributed by atoms with Gasteiger partial charge in [-0.3, -0.25) is 24.2 Å². The monoisotopic (exact) mass is 420 g/mol. The van der Waals surface area contributed by atoms with E-state index in [1.165, 1.54) is 17.0 Å². The predicted molar refractivity (Wildman–Crippen MR) is 96.4 cm³/mol. The number of carbonyl (C=O) groups is 3. The summed E-state index contributed by atoms with van der Waals surface area (Å²) in [5.41, 5.74) is 0.369. The maximum Gasteiger partial charge on any atom is 0.405 e. The Bertz CT molecular complexity index is 718. The molecule has 3 rings (SSSR count). The van der Waals surface area contributed by atoms with E-state index in [0.29, 0.717) is 13.1 Å². The zero-order valence-electron chi connectivity index (χ0n) is 14.8. The number of benzene rings is 1. The Morgan fingerprint density at radius 1 is 1.11 bits per heavy atom. The third kappa shape index (κ3) is 4.62. The average molecular weight is 421 g/mol. The number of nitrogens with one attached hydrogen (secondary N) is 2. The molecule has 154 valence electrons. The van der Waals surface area contributed by atoms with Crippen LogP contribution in [0.4, 0.5) is 13.2 Å². The normalized spacial score (nSPS) is 18.5. The fourth-order valence-electron chi connectivity index (χ4n) is 3.24. The highest BCUT2D eigenvalue weighted by molar-refractivity contribution is 6.22. The van der Waals surface area contributed by atoms with E-state index in [4.69, 9.17) is 0 Å². The minimum absolute atomic E-state index is 0. The van der Waals surface area contributed by atoms with Gasteiger partial charge in [-0.15, -0.1) is 12.4 Å². The molecule has 1 aromatic carbocycles. The number of hydrogen-bond donors (Lipinski definition) is 2. The molecule has 1 aromatic rings. The molecule has 0 radical (unpaired) electrons. The molecule has 7 nitrogen and oxygen atoms in total. The third-order valence-corrected chi connectivity index (χ3v) is 4.64. The number of nitrogens with zero attached hydrogens (tertiary/aromatic N) is 2. The van der Waals surface area contributed by atoms with E-state index < -0.39 is 43.0 Å². The SMILES string of the molecule is Cl.O=C(CN1C(=O)c2ccccc2C1=O)NCC(N1CCNCC1)C(F)(F)F. The van der Waals surface area contributed by atoms with E-state index >= 15 is 0 Å². The van der Waals surface area contributed by atoms with Crippen molar-refractivity contribution in [3.05, 3.63) is 35.4 Å². The Balaban J connectivity index is 0.00000280. The maximum absolute atomic E-state index is 13.3. The molecule has 11 heteroatoms. The number of fused-ring (bicyclic) bond motifs is 1. The fraction of sp³-hybridized carbons (Fsp3) is 0.471. The van der Waals surface area contributed by atoms with Crippen LogP contribution in [0.2, 0.25) is 0 Å². The first-order valence-electron chi connectivity index (χ1n) is 8.52. The van der Waals surface area contributed by atoms with Crippen molar-refractivity contribution in [2.24, 2.45) is 0 Å². The van der Waals surface area contributed by atoms with Crippen LogP contribution in [0, 0.1) is 0 Å². The van der Waals surface area contributed by atoms with E-state index in [-0.39, 0.29) is 36.6 Å². The lowest BCUT2D eigenvalue weighted by Gasteiger charge is -2.36.